The van der Waals surface area contributed by atoms with E-state index in [0.717, 1.165) is 16.6 Å². The third-order valence-corrected chi connectivity index (χ3v) is 7.19. The number of nitrogens with zero attached hydrogens (tertiary/aromatic N) is 2. The molecular formula is C16H21N3S. The third-order valence-electron chi connectivity index (χ3n) is 6.37. The molecule has 0 amide bonds. The van der Waals surface area contributed by atoms with E-state index in [0.29, 0.717) is 16.9 Å². The van der Waals surface area contributed by atoms with Crippen molar-refractivity contribution in [2.45, 2.75) is 46.1 Å². The highest BCUT2D eigenvalue weighted by atomic mass is 32.1. The molecule has 2 bridgehead atoms. The molecule has 2 aromatic rings. The van der Waals surface area contributed by atoms with Crippen LogP contribution in [0.15, 0.2) is 17.8 Å². The molecule has 0 saturated heterocycles. The third kappa shape index (κ3) is 1.46. The summed E-state index contributed by atoms with van der Waals surface area (Å²) in [4.78, 5) is 9.91. The van der Waals surface area contributed by atoms with E-state index < -0.39 is 0 Å². The molecule has 0 unspecified atom stereocenters. The fraction of sp³-hybridized carbons (Fsp3) is 0.625. The van der Waals surface area contributed by atoms with E-state index in [9.17, 15) is 0 Å². The van der Waals surface area contributed by atoms with Crippen LogP contribution in [0.1, 0.15) is 40.0 Å². The number of hydrogen-bond donors (Lipinski definition) is 1. The van der Waals surface area contributed by atoms with Gasteiger partial charge in [0, 0.05) is 6.04 Å². The average molecular weight is 287 g/mol. The van der Waals surface area contributed by atoms with Crippen LogP contribution in [0.3, 0.4) is 0 Å². The summed E-state index contributed by atoms with van der Waals surface area (Å²) in [5.41, 5.74) is 0.816. The molecule has 2 saturated carbocycles. The predicted molar refractivity (Wildman–Crippen MR) is 84.1 cm³/mol. The van der Waals surface area contributed by atoms with Gasteiger partial charge in [-0.3, -0.25) is 0 Å². The molecule has 4 rings (SSSR count). The van der Waals surface area contributed by atoms with Gasteiger partial charge in [0.05, 0.1) is 5.39 Å². The van der Waals surface area contributed by atoms with Crippen molar-refractivity contribution in [1.29, 1.82) is 0 Å². The molecule has 2 aliphatic carbocycles. The van der Waals surface area contributed by atoms with Gasteiger partial charge in [-0.05, 0) is 47.5 Å². The Morgan fingerprint density at radius 2 is 2.15 bits per heavy atom. The van der Waals surface area contributed by atoms with Crippen LogP contribution in [-0.4, -0.2) is 16.0 Å². The second-order valence-electron chi connectivity index (χ2n) is 7.17. The van der Waals surface area contributed by atoms with Crippen LogP contribution >= 0.6 is 11.3 Å². The summed E-state index contributed by atoms with van der Waals surface area (Å²) >= 11 is 1.68. The van der Waals surface area contributed by atoms with Crippen molar-refractivity contribution in [2.75, 3.05) is 5.32 Å². The summed E-state index contributed by atoms with van der Waals surface area (Å²) in [6.07, 6.45) is 5.68. The normalized spacial score (nSPS) is 34.8. The zero-order valence-corrected chi connectivity index (χ0v) is 13.1. The fourth-order valence-corrected chi connectivity index (χ4v) is 5.22. The maximum atomic E-state index is 4.49. The Balaban J connectivity index is 1.69. The zero-order chi connectivity index (χ0) is 14.0. The van der Waals surface area contributed by atoms with Crippen LogP contribution in [-0.2, 0) is 0 Å². The van der Waals surface area contributed by atoms with Crippen LogP contribution < -0.4 is 5.32 Å². The summed E-state index contributed by atoms with van der Waals surface area (Å²) in [6.45, 7) is 7.36. The molecule has 2 aliphatic rings. The van der Waals surface area contributed by atoms with Gasteiger partial charge in [-0.15, -0.1) is 11.3 Å². The molecule has 4 heteroatoms. The molecule has 0 spiro atoms. The van der Waals surface area contributed by atoms with E-state index in [1.807, 2.05) is 0 Å². The van der Waals surface area contributed by atoms with Crippen molar-refractivity contribution in [2.24, 2.45) is 16.7 Å². The van der Waals surface area contributed by atoms with Gasteiger partial charge in [-0.2, -0.15) is 0 Å². The highest BCUT2D eigenvalue weighted by molar-refractivity contribution is 7.16. The van der Waals surface area contributed by atoms with E-state index in [1.54, 1.807) is 17.7 Å². The minimum absolute atomic E-state index is 0.380. The van der Waals surface area contributed by atoms with E-state index in [2.05, 4.69) is 47.5 Å². The minimum atomic E-state index is 0.380. The highest BCUT2D eigenvalue weighted by Crippen LogP contribution is 2.65. The van der Waals surface area contributed by atoms with Crippen LogP contribution in [0.5, 0.6) is 0 Å². The first-order valence-electron chi connectivity index (χ1n) is 7.47. The number of rotatable bonds is 2. The van der Waals surface area contributed by atoms with E-state index in [1.165, 1.54) is 24.6 Å². The Kier molecular flexibility index (Phi) is 2.48. The first-order valence-corrected chi connectivity index (χ1v) is 8.35. The van der Waals surface area contributed by atoms with Crippen LogP contribution in [0.25, 0.3) is 10.2 Å². The minimum Gasteiger partial charge on any atom is -0.366 e. The fourth-order valence-electron chi connectivity index (χ4n) is 4.49. The summed E-state index contributed by atoms with van der Waals surface area (Å²) in [5.74, 6) is 1.87. The number of thiophene rings is 1. The molecule has 106 valence electrons. The van der Waals surface area contributed by atoms with Crippen molar-refractivity contribution in [3.05, 3.63) is 17.8 Å². The Bertz CT molecular complexity index is 663. The first kappa shape index (κ1) is 12.6. The highest BCUT2D eigenvalue weighted by Gasteiger charge is 2.61. The van der Waals surface area contributed by atoms with E-state index in [-0.39, 0.29) is 0 Å². The van der Waals surface area contributed by atoms with Crippen molar-refractivity contribution in [3.63, 3.8) is 0 Å². The van der Waals surface area contributed by atoms with E-state index in [4.69, 9.17) is 0 Å². The van der Waals surface area contributed by atoms with Gasteiger partial charge in [0.1, 0.15) is 17.0 Å². The second-order valence-corrected chi connectivity index (χ2v) is 8.06. The Morgan fingerprint density at radius 1 is 1.30 bits per heavy atom. The number of aromatic nitrogens is 2. The molecule has 20 heavy (non-hydrogen) atoms. The number of fused-ring (bicyclic) bond motifs is 3. The largest absolute Gasteiger partial charge is 0.366 e. The van der Waals surface area contributed by atoms with Gasteiger partial charge >= 0.3 is 0 Å². The molecule has 3 atom stereocenters. The van der Waals surface area contributed by atoms with Crippen molar-refractivity contribution in [1.82, 2.24) is 9.97 Å². The van der Waals surface area contributed by atoms with Gasteiger partial charge in [-0.25, -0.2) is 9.97 Å². The van der Waals surface area contributed by atoms with Crippen molar-refractivity contribution >= 4 is 27.4 Å². The summed E-state index contributed by atoms with van der Waals surface area (Å²) in [6, 6.07) is 2.66. The first-order chi connectivity index (χ1) is 9.52. The molecule has 3 nitrogen and oxygen atoms in total. The lowest BCUT2D eigenvalue weighted by molar-refractivity contribution is 0.142. The molecule has 0 aromatic carbocycles. The average Bonchev–Trinajstić information content (AvgIpc) is 3.02. The van der Waals surface area contributed by atoms with Gasteiger partial charge in [0.15, 0.2) is 0 Å². The van der Waals surface area contributed by atoms with Crippen LogP contribution in [0.2, 0.25) is 0 Å². The summed E-state index contributed by atoms with van der Waals surface area (Å²) < 4.78 is 0. The molecule has 2 aromatic heterocycles. The number of nitrogens with one attached hydrogen (secondary N) is 1. The lowest BCUT2D eigenvalue weighted by Gasteiger charge is -2.39. The quantitative estimate of drug-likeness (QED) is 0.894. The van der Waals surface area contributed by atoms with Gasteiger partial charge in [0.25, 0.3) is 0 Å². The van der Waals surface area contributed by atoms with Crippen LogP contribution in [0.4, 0.5) is 5.82 Å². The van der Waals surface area contributed by atoms with Gasteiger partial charge in [0.2, 0.25) is 0 Å². The lowest BCUT2D eigenvalue weighted by Crippen LogP contribution is -2.40. The predicted octanol–water partition coefficient (Wildman–Crippen LogP) is 4.32. The summed E-state index contributed by atoms with van der Waals surface area (Å²) in [7, 11) is 0. The molecule has 0 radical (unpaired) electrons. The molecule has 2 heterocycles. The van der Waals surface area contributed by atoms with E-state index >= 15 is 0 Å². The van der Waals surface area contributed by atoms with Crippen molar-refractivity contribution < 1.29 is 0 Å². The Labute approximate surface area is 123 Å². The number of hydrogen-bond acceptors (Lipinski definition) is 4. The standard InChI is InChI=1S/C16H21N3S/c1-15(2)10-4-6-16(15,3)12(8-10)19-13-11-5-7-20-14(11)18-9-17-13/h5,7,9-10,12H,4,6,8H2,1-3H3,(H,17,18,19)/t10-,12-,16-/m1/s1. The monoisotopic (exact) mass is 287 g/mol. The number of anilines is 1. The van der Waals surface area contributed by atoms with Crippen LogP contribution in [0, 0.1) is 16.7 Å². The molecular weight excluding hydrogens is 266 g/mol. The molecule has 2 fully saturated rings. The van der Waals surface area contributed by atoms with Gasteiger partial charge in [-0.1, -0.05) is 20.8 Å². The second kappa shape index (κ2) is 3.94. The van der Waals surface area contributed by atoms with Crippen molar-refractivity contribution in [3.8, 4) is 0 Å². The molecule has 0 aliphatic heterocycles. The summed E-state index contributed by atoms with van der Waals surface area (Å²) in [5, 5.41) is 7.02. The topological polar surface area (TPSA) is 37.8 Å². The maximum absolute atomic E-state index is 4.49. The molecule has 1 N–H and O–H groups in total. The SMILES string of the molecule is CC1(C)[C@@H]2CC[C@]1(C)[C@H](Nc1ncnc3sccc13)C2. The maximum Gasteiger partial charge on any atom is 0.138 e. The smallest absolute Gasteiger partial charge is 0.138 e. The Morgan fingerprint density at radius 3 is 2.85 bits per heavy atom. The Hall–Kier alpha value is -1.16. The lowest BCUT2D eigenvalue weighted by atomic mass is 9.69. The zero-order valence-electron chi connectivity index (χ0n) is 12.3. The van der Waals surface area contributed by atoms with Gasteiger partial charge < -0.3 is 5.32 Å².